The molecular formula is C17H34O4. The second-order valence-electron chi connectivity index (χ2n) is 6.02. The van der Waals surface area contributed by atoms with E-state index in [0.717, 1.165) is 25.9 Å². The van der Waals surface area contributed by atoms with E-state index in [1.54, 1.807) is 21.3 Å². The summed E-state index contributed by atoms with van der Waals surface area (Å²) in [4.78, 5) is 0. The SMILES string of the molecule is CCCCCCCCC(CC)(C1CO1)C(OC)(OC)OC. The van der Waals surface area contributed by atoms with Gasteiger partial charge in [-0.3, -0.25) is 0 Å². The highest BCUT2D eigenvalue weighted by atomic mass is 16.9. The van der Waals surface area contributed by atoms with Crippen molar-refractivity contribution in [2.24, 2.45) is 5.41 Å². The summed E-state index contributed by atoms with van der Waals surface area (Å²) < 4.78 is 22.6. The molecule has 1 aliphatic heterocycles. The molecule has 0 aromatic carbocycles. The van der Waals surface area contributed by atoms with E-state index in [2.05, 4.69) is 13.8 Å². The summed E-state index contributed by atoms with van der Waals surface area (Å²) in [6, 6.07) is 0. The zero-order chi connectivity index (χ0) is 15.8. The number of rotatable bonds is 13. The maximum absolute atomic E-state index is 5.67. The van der Waals surface area contributed by atoms with Crippen LogP contribution in [0.2, 0.25) is 0 Å². The fourth-order valence-electron chi connectivity index (χ4n) is 3.58. The van der Waals surface area contributed by atoms with Crippen molar-refractivity contribution < 1.29 is 18.9 Å². The molecule has 1 heterocycles. The Morgan fingerprint density at radius 1 is 0.905 bits per heavy atom. The van der Waals surface area contributed by atoms with Gasteiger partial charge in [0.2, 0.25) is 0 Å². The van der Waals surface area contributed by atoms with Gasteiger partial charge in [-0.15, -0.1) is 0 Å². The molecule has 2 unspecified atom stereocenters. The smallest absolute Gasteiger partial charge is 0.290 e. The Kier molecular flexibility index (Phi) is 8.17. The molecule has 4 nitrogen and oxygen atoms in total. The van der Waals surface area contributed by atoms with E-state index in [9.17, 15) is 0 Å². The Morgan fingerprint density at radius 3 is 1.86 bits per heavy atom. The fourth-order valence-corrected chi connectivity index (χ4v) is 3.58. The third-order valence-corrected chi connectivity index (χ3v) is 4.97. The Bertz CT molecular complexity index is 266. The van der Waals surface area contributed by atoms with Crippen molar-refractivity contribution in [3.05, 3.63) is 0 Å². The first-order chi connectivity index (χ1) is 10.2. The fraction of sp³-hybridized carbons (Fsp3) is 1.00. The number of hydrogen-bond acceptors (Lipinski definition) is 4. The van der Waals surface area contributed by atoms with Gasteiger partial charge >= 0.3 is 0 Å². The molecule has 0 radical (unpaired) electrons. The van der Waals surface area contributed by atoms with Crippen LogP contribution in [-0.2, 0) is 18.9 Å². The van der Waals surface area contributed by atoms with Crippen LogP contribution in [0.4, 0.5) is 0 Å². The lowest BCUT2D eigenvalue weighted by molar-refractivity contribution is -0.412. The van der Waals surface area contributed by atoms with Crippen molar-refractivity contribution in [2.75, 3.05) is 27.9 Å². The van der Waals surface area contributed by atoms with Crippen LogP contribution in [0.1, 0.15) is 65.2 Å². The van der Waals surface area contributed by atoms with Gasteiger partial charge in [-0.25, -0.2) is 0 Å². The van der Waals surface area contributed by atoms with Gasteiger partial charge in [0.05, 0.1) is 18.1 Å². The number of ether oxygens (including phenoxy) is 4. The van der Waals surface area contributed by atoms with Crippen LogP contribution in [0.25, 0.3) is 0 Å². The van der Waals surface area contributed by atoms with Crippen LogP contribution in [-0.4, -0.2) is 40.0 Å². The van der Waals surface area contributed by atoms with Gasteiger partial charge in [-0.1, -0.05) is 52.4 Å². The Balaban J connectivity index is 2.66. The van der Waals surface area contributed by atoms with Gasteiger partial charge in [-0.2, -0.15) is 0 Å². The number of methoxy groups -OCH3 is 3. The van der Waals surface area contributed by atoms with Gasteiger partial charge in [0, 0.05) is 21.3 Å². The van der Waals surface area contributed by atoms with E-state index in [0.29, 0.717) is 0 Å². The lowest BCUT2D eigenvalue weighted by Gasteiger charge is -2.46. The van der Waals surface area contributed by atoms with Gasteiger partial charge in [0.15, 0.2) is 0 Å². The maximum Gasteiger partial charge on any atom is 0.290 e. The molecule has 126 valence electrons. The largest absolute Gasteiger partial charge is 0.372 e. The maximum atomic E-state index is 5.67. The molecule has 4 heteroatoms. The summed E-state index contributed by atoms with van der Waals surface area (Å²) in [7, 11) is 4.96. The van der Waals surface area contributed by atoms with Crippen LogP contribution in [0, 0.1) is 5.41 Å². The third-order valence-electron chi connectivity index (χ3n) is 4.97. The van der Waals surface area contributed by atoms with Crippen LogP contribution in [0.15, 0.2) is 0 Å². The Morgan fingerprint density at radius 2 is 1.43 bits per heavy atom. The quantitative estimate of drug-likeness (QED) is 0.291. The van der Waals surface area contributed by atoms with Crippen molar-refractivity contribution in [1.82, 2.24) is 0 Å². The average molecular weight is 302 g/mol. The second-order valence-corrected chi connectivity index (χ2v) is 6.02. The predicted octanol–water partition coefficient (Wildman–Crippen LogP) is 4.13. The van der Waals surface area contributed by atoms with Crippen LogP contribution >= 0.6 is 0 Å². The molecule has 0 spiro atoms. The van der Waals surface area contributed by atoms with E-state index in [1.165, 1.54) is 32.1 Å². The highest BCUT2D eigenvalue weighted by molar-refractivity contribution is 4.99. The second kappa shape index (κ2) is 9.09. The molecule has 21 heavy (non-hydrogen) atoms. The molecule has 1 saturated heterocycles. The normalized spacial score (nSPS) is 21.3. The first-order valence-electron chi connectivity index (χ1n) is 8.43. The highest BCUT2D eigenvalue weighted by Crippen LogP contribution is 2.51. The lowest BCUT2D eigenvalue weighted by Crippen LogP contribution is -2.55. The molecule has 1 rings (SSSR count). The van der Waals surface area contributed by atoms with Gasteiger partial charge in [0.25, 0.3) is 5.97 Å². The first-order valence-corrected chi connectivity index (χ1v) is 8.43. The highest BCUT2D eigenvalue weighted by Gasteiger charge is 2.61. The number of unbranched alkanes of at least 4 members (excludes halogenated alkanes) is 5. The molecule has 0 N–H and O–H groups in total. The zero-order valence-corrected chi connectivity index (χ0v) is 14.6. The Hall–Kier alpha value is -0.160. The van der Waals surface area contributed by atoms with Crippen LogP contribution in [0.3, 0.4) is 0 Å². The van der Waals surface area contributed by atoms with Crippen molar-refractivity contribution in [3.8, 4) is 0 Å². The van der Waals surface area contributed by atoms with Gasteiger partial charge in [-0.05, 0) is 12.8 Å². The minimum Gasteiger partial charge on any atom is -0.372 e. The topological polar surface area (TPSA) is 40.2 Å². The molecule has 0 amide bonds. The number of epoxide rings is 1. The van der Waals surface area contributed by atoms with Gasteiger partial charge < -0.3 is 18.9 Å². The average Bonchev–Trinajstić information content (AvgIpc) is 3.35. The van der Waals surface area contributed by atoms with Crippen molar-refractivity contribution in [1.29, 1.82) is 0 Å². The lowest BCUT2D eigenvalue weighted by atomic mass is 9.74. The zero-order valence-electron chi connectivity index (χ0n) is 14.6. The van der Waals surface area contributed by atoms with E-state index >= 15 is 0 Å². The van der Waals surface area contributed by atoms with Crippen LogP contribution in [0.5, 0.6) is 0 Å². The predicted molar refractivity (Wildman–Crippen MR) is 84.2 cm³/mol. The molecule has 2 atom stereocenters. The number of hydrogen-bond donors (Lipinski definition) is 0. The summed E-state index contributed by atoms with van der Waals surface area (Å²) in [6.45, 7) is 5.20. The van der Waals surface area contributed by atoms with Crippen molar-refractivity contribution in [2.45, 2.75) is 77.3 Å². The summed E-state index contributed by atoms with van der Waals surface area (Å²) in [5.41, 5.74) is -0.226. The molecule has 0 bridgehead atoms. The molecular weight excluding hydrogens is 268 g/mol. The third kappa shape index (κ3) is 4.19. The minimum atomic E-state index is -1.01. The first kappa shape index (κ1) is 18.9. The molecule has 0 saturated carbocycles. The molecule has 0 aliphatic carbocycles. The summed E-state index contributed by atoms with van der Waals surface area (Å²) in [5, 5.41) is 0. The molecule has 1 aliphatic rings. The molecule has 1 fully saturated rings. The Labute approximate surface area is 130 Å². The summed E-state index contributed by atoms with van der Waals surface area (Å²) in [5.74, 6) is -1.01. The van der Waals surface area contributed by atoms with Gasteiger partial charge in [0.1, 0.15) is 0 Å². The van der Waals surface area contributed by atoms with E-state index < -0.39 is 5.97 Å². The van der Waals surface area contributed by atoms with Crippen molar-refractivity contribution >= 4 is 0 Å². The standard InChI is InChI=1S/C17H34O4/c1-6-8-9-10-11-12-13-16(7-2,15-14-21-15)17(18-3,19-4)20-5/h15H,6-14H2,1-5H3. The van der Waals surface area contributed by atoms with E-state index in [-0.39, 0.29) is 11.5 Å². The summed E-state index contributed by atoms with van der Waals surface area (Å²) >= 11 is 0. The minimum absolute atomic E-state index is 0.179. The summed E-state index contributed by atoms with van der Waals surface area (Å²) in [6.07, 6.45) is 9.78. The van der Waals surface area contributed by atoms with E-state index in [4.69, 9.17) is 18.9 Å². The molecule has 0 aromatic rings. The monoisotopic (exact) mass is 302 g/mol. The molecule has 0 aromatic heterocycles. The van der Waals surface area contributed by atoms with E-state index in [1.807, 2.05) is 0 Å². The van der Waals surface area contributed by atoms with Crippen molar-refractivity contribution in [3.63, 3.8) is 0 Å². The van der Waals surface area contributed by atoms with Crippen LogP contribution < -0.4 is 0 Å².